The van der Waals surface area contributed by atoms with E-state index in [1.165, 1.54) is 0 Å². The maximum atomic E-state index is 11.8. The molecule has 0 fully saturated rings. The number of nitrogens with one attached hydrogen (secondary N) is 1. The molecule has 1 amide bonds. The fraction of sp³-hybridized carbons (Fsp3) is 0.364. The van der Waals surface area contributed by atoms with Crippen molar-refractivity contribution in [2.75, 3.05) is 6.54 Å². The highest BCUT2D eigenvalue weighted by atomic mass is 19.3. The summed E-state index contributed by atoms with van der Waals surface area (Å²) in [6, 6.07) is 9.70. The van der Waals surface area contributed by atoms with Crippen LogP contribution in [0.1, 0.15) is 12.0 Å². The molecule has 0 aliphatic heterocycles. The van der Waals surface area contributed by atoms with Gasteiger partial charge in [0, 0.05) is 6.54 Å². The molecule has 0 radical (unpaired) electrons. The van der Waals surface area contributed by atoms with Gasteiger partial charge in [0.2, 0.25) is 0 Å². The minimum atomic E-state index is -2.92. The van der Waals surface area contributed by atoms with Gasteiger partial charge in [0.25, 0.3) is 5.91 Å². The first-order chi connectivity index (χ1) is 7.20. The van der Waals surface area contributed by atoms with Crippen LogP contribution in [-0.4, -0.2) is 18.9 Å². The van der Waals surface area contributed by atoms with Crippen LogP contribution < -0.4 is 5.32 Å². The van der Waals surface area contributed by atoms with Crippen molar-refractivity contribution in [3.63, 3.8) is 0 Å². The summed E-state index contributed by atoms with van der Waals surface area (Å²) in [6.07, 6.45) is -1.46. The lowest BCUT2D eigenvalue weighted by molar-refractivity contribution is -0.131. The first-order valence-corrected chi connectivity index (χ1v) is 4.80. The van der Waals surface area contributed by atoms with E-state index in [1.807, 2.05) is 30.3 Å². The molecule has 0 atom stereocenters. The van der Waals surface area contributed by atoms with E-state index < -0.39 is 12.3 Å². The van der Waals surface area contributed by atoms with Crippen molar-refractivity contribution in [3.8, 4) is 0 Å². The average molecular weight is 213 g/mol. The Kier molecular flexibility index (Phi) is 4.74. The number of halogens is 2. The van der Waals surface area contributed by atoms with Crippen molar-refractivity contribution in [2.24, 2.45) is 0 Å². The highest BCUT2D eigenvalue weighted by Gasteiger charge is 2.13. The van der Waals surface area contributed by atoms with Crippen molar-refractivity contribution in [3.05, 3.63) is 35.9 Å². The van der Waals surface area contributed by atoms with Gasteiger partial charge in [-0.3, -0.25) is 4.79 Å². The van der Waals surface area contributed by atoms with E-state index in [9.17, 15) is 13.6 Å². The molecule has 0 spiro atoms. The maximum Gasteiger partial charge on any atom is 0.315 e. The lowest BCUT2D eigenvalue weighted by Gasteiger charge is -2.04. The number of aryl methyl sites for hydroxylation is 1. The van der Waals surface area contributed by atoms with Gasteiger partial charge in [-0.25, -0.2) is 0 Å². The monoisotopic (exact) mass is 213 g/mol. The zero-order valence-electron chi connectivity index (χ0n) is 8.25. The Bertz CT molecular complexity index is 301. The van der Waals surface area contributed by atoms with E-state index in [2.05, 4.69) is 5.32 Å². The Balaban J connectivity index is 2.15. The van der Waals surface area contributed by atoms with Crippen molar-refractivity contribution in [1.82, 2.24) is 5.32 Å². The van der Waals surface area contributed by atoms with E-state index in [0.717, 1.165) is 12.0 Å². The van der Waals surface area contributed by atoms with Gasteiger partial charge < -0.3 is 5.32 Å². The number of amides is 1. The Morgan fingerprint density at radius 2 is 1.93 bits per heavy atom. The van der Waals surface area contributed by atoms with Crippen LogP contribution in [0.5, 0.6) is 0 Å². The minimum absolute atomic E-state index is 0.290. The van der Waals surface area contributed by atoms with Crippen LogP contribution in [0.15, 0.2) is 30.3 Å². The molecule has 82 valence electrons. The molecule has 2 nitrogen and oxygen atoms in total. The third-order valence-corrected chi connectivity index (χ3v) is 1.98. The fourth-order valence-corrected chi connectivity index (χ4v) is 1.23. The third-order valence-electron chi connectivity index (χ3n) is 1.98. The largest absolute Gasteiger partial charge is 0.351 e. The normalized spacial score (nSPS) is 10.3. The van der Waals surface area contributed by atoms with Crippen LogP contribution in [0.4, 0.5) is 8.78 Å². The summed E-state index contributed by atoms with van der Waals surface area (Å²) in [5.74, 6) is -1.19. The summed E-state index contributed by atoms with van der Waals surface area (Å²) in [4.78, 5) is 10.5. The van der Waals surface area contributed by atoms with E-state index in [1.54, 1.807) is 0 Å². The summed E-state index contributed by atoms with van der Waals surface area (Å²) < 4.78 is 23.5. The number of hydrogen-bond acceptors (Lipinski definition) is 1. The molecule has 1 aromatic carbocycles. The second-order valence-electron chi connectivity index (χ2n) is 3.18. The van der Waals surface area contributed by atoms with Gasteiger partial charge >= 0.3 is 6.43 Å². The molecule has 1 N–H and O–H groups in total. The molecule has 0 aliphatic carbocycles. The second kappa shape index (κ2) is 6.11. The summed E-state index contributed by atoms with van der Waals surface area (Å²) in [5.41, 5.74) is 1.14. The van der Waals surface area contributed by atoms with Gasteiger partial charge in [-0.1, -0.05) is 30.3 Å². The SMILES string of the molecule is O=C(NCCCc1ccccc1)C(F)F. The predicted octanol–water partition coefficient (Wildman–Crippen LogP) is 2.00. The first kappa shape index (κ1) is 11.6. The Morgan fingerprint density at radius 3 is 2.53 bits per heavy atom. The molecule has 0 aliphatic rings. The number of hydrogen-bond donors (Lipinski definition) is 1. The summed E-state index contributed by atoms with van der Waals surface area (Å²) in [7, 11) is 0. The lowest BCUT2D eigenvalue weighted by Crippen LogP contribution is -2.30. The number of carbonyl (C=O) groups is 1. The van der Waals surface area contributed by atoms with E-state index in [-0.39, 0.29) is 6.54 Å². The molecule has 1 rings (SSSR count). The molecule has 0 saturated carbocycles. The van der Waals surface area contributed by atoms with Crippen LogP contribution in [0.3, 0.4) is 0 Å². The summed E-state index contributed by atoms with van der Waals surface area (Å²) in [5, 5.41) is 2.16. The predicted molar refractivity (Wildman–Crippen MR) is 53.8 cm³/mol. The van der Waals surface area contributed by atoms with Crippen LogP contribution in [0, 0.1) is 0 Å². The van der Waals surface area contributed by atoms with Crippen LogP contribution >= 0.6 is 0 Å². The van der Waals surface area contributed by atoms with Crippen LogP contribution in [-0.2, 0) is 11.2 Å². The molecule has 0 heterocycles. The van der Waals surface area contributed by atoms with Gasteiger partial charge in [0.15, 0.2) is 0 Å². The van der Waals surface area contributed by atoms with Crippen molar-refractivity contribution < 1.29 is 13.6 Å². The standard InChI is InChI=1S/C11H13F2NO/c12-10(13)11(15)14-8-4-7-9-5-2-1-3-6-9/h1-3,5-6,10H,4,7-8H2,(H,14,15). The molecule has 1 aromatic rings. The molecular weight excluding hydrogens is 200 g/mol. The molecule has 0 bridgehead atoms. The number of carbonyl (C=O) groups excluding carboxylic acids is 1. The van der Waals surface area contributed by atoms with E-state index >= 15 is 0 Å². The van der Waals surface area contributed by atoms with Gasteiger partial charge in [-0.2, -0.15) is 8.78 Å². The van der Waals surface area contributed by atoms with Crippen molar-refractivity contribution in [2.45, 2.75) is 19.3 Å². The fourth-order valence-electron chi connectivity index (χ4n) is 1.23. The zero-order chi connectivity index (χ0) is 11.1. The highest BCUT2D eigenvalue weighted by Crippen LogP contribution is 2.01. The van der Waals surface area contributed by atoms with Gasteiger partial charge in [-0.15, -0.1) is 0 Å². The molecule has 15 heavy (non-hydrogen) atoms. The molecule has 0 saturated heterocycles. The summed E-state index contributed by atoms with van der Waals surface area (Å²) >= 11 is 0. The average Bonchev–Trinajstić information content (AvgIpc) is 2.25. The van der Waals surface area contributed by atoms with Crippen molar-refractivity contribution in [1.29, 1.82) is 0 Å². The second-order valence-corrected chi connectivity index (χ2v) is 3.18. The van der Waals surface area contributed by atoms with Gasteiger partial charge in [0.05, 0.1) is 0 Å². The Hall–Kier alpha value is -1.45. The molecule has 4 heteroatoms. The Morgan fingerprint density at radius 1 is 1.27 bits per heavy atom. The number of rotatable bonds is 5. The highest BCUT2D eigenvalue weighted by molar-refractivity contribution is 5.78. The first-order valence-electron chi connectivity index (χ1n) is 4.80. The molecule has 0 aromatic heterocycles. The molecule has 0 unspecified atom stereocenters. The van der Waals surface area contributed by atoms with E-state index in [4.69, 9.17) is 0 Å². The van der Waals surface area contributed by atoms with E-state index in [0.29, 0.717) is 6.42 Å². The topological polar surface area (TPSA) is 29.1 Å². The maximum absolute atomic E-state index is 11.8. The van der Waals surface area contributed by atoms with Crippen LogP contribution in [0.25, 0.3) is 0 Å². The Labute approximate surface area is 87.3 Å². The molecular formula is C11H13F2NO. The van der Waals surface area contributed by atoms with Crippen molar-refractivity contribution >= 4 is 5.91 Å². The quantitative estimate of drug-likeness (QED) is 0.745. The third kappa shape index (κ3) is 4.54. The number of benzene rings is 1. The van der Waals surface area contributed by atoms with Gasteiger partial charge in [0.1, 0.15) is 0 Å². The summed E-state index contributed by atoms with van der Waals surface area (Å²) in [6.45, 7) is 0.290. The minimum Gasteiger partial charge on any atom is -0.351 e. The zero-order valence-corrected chi connectivity index (χ0v) is 8.25. The smallest absolute Gasteiger partial charge is 0.315 e. The van der Waals surface area contributed by atoms with Crippen LogP contribution in [0.2, 0.25) is 0 Å². The number of alkyl halides is 2. The lowest BCUT2D eigenvalue weighted by atomic mass is 10.1. The van der Waals surface area contributed by atoms with Gasteiger partial charge in [-0.05, 0) is 18.4 Å².